The van der Waals surface area contributed by atoms with Gasteiger partial charge in [-0.05, 0) is 31.0 Å². The second-order valence-electron chi connectivity index (χ2n) is 6.37. The standard InChI is InChI=1S/C17H26N4O4S/c1-21(14-7-3-2-4-8-14)26(24,25)15-9-5-6-13(10-15)20-17(23)12-19-16(22)11-18/h5-6,9-10,14H,2-4,7-8,11-12,18H2,1H3,(H,19,22)(H,20,23). The molecule has 1 aliphatic carbocycles. The van der Waals surface area contributed by atoms with Crippen molar-refractivity contribution in [3.05, 3.63) is 24.3 Å². The number of hydrogen-bond donors (Lipinski definition) is 3. The second-order valence-corrected chi connectivity index (χ2v) is 8.37. The summed E-state index contributed by atoms with van der Waals surface area (Å²) in [5, 5.41) is 4.93. The normalized spacial score (nSPS) is 15.7. The summed E-state index contributed by atoms with van der Waals surface area (Å²) in [6.07, 6.45) is 4.96. The molecule has 2 amide bonds. The maximum Gasteiger partial charge on any atom is 0.243 e. The van der Waals surface area contributed by atoms with Gasteiger partial charge >= 0.3 is 0 Å². The Labute approximate surface area is 154 Å². The van der Waals surface area contributed by atoms with E-state index in [0.717, 1.165) is 32.1 Å². The third-order valence-electron chi connectivity index (χ3n) is 4.52. The highest BCUT2D eigenvalue weighted by Gasteiger charge is 2.29. The lowest BCUT2D eigenvalue weighted by Crippen LogP contribution is -2.38. The summed E-state index contributed by atoms with van der Waals surface area (Å²) in [6, 6.07) is 6.13. The van der Waals surface area contributed by atoms with E-state index in [2.05, 4.69) is 10.6 Å². The zero-order chi connectivity index (χ0) is 19.2. The van der Waals surface area contributed by atoms with Gasteiger partial charge in [0.15, 0.2) is 0 Å². The van der Waals surface area contributed by atoms with Gasteiger partial charge in [0, 0.05) is 18.8 Å². The first-order chi connectivity index (χ1) is 12.3. The summed E-state index contributed by atoms with van der Waals surface area (Å²) in [4.78, 5) is 23.1. The van der Waals surface area contributed by atoms with Crippen LogP contribution in [0.25, 0.3) is 0 Å². The van der Waals surface area contributed by atoms with Crippen molar-refractivity contribution in [3.8, 4) is 0 Å². The number of rotatable bonds is 7. The molecule has 2 rings (SSSR count). The zero-order valence-electron chi connectivity index (χ0n) is 14.9. The third kappa shape index (κ3) is 5.26. The van der Waals surface area contributed by atoms with Gasteiger partial charge in [-0.2, -0.15) is 4.31 Å². The van der Waals surface area contributed by atoms with Gasteiger partial charge in [0.05, 0.1) is 18.0 Å². The smallest absolute Gasteiger partial charge is 0.243 e. The summed E-state index contributed by atoms with van der Waals surface area (Å²) in [6.45, 7) is -0.427. The van der Waals surface area contributed by atoms with Crippen molar-refractivity contribution in [2.75, 3.05) is 25.5 Å². The number of anilines is 1. The van der Waals surface area contributed by atoms with Gasteiger partial charge in [-0.3, -0.25) is 9.59 Å². The van der Waals surface area contributed by atoms with Gasteiger partial charge in [-0.25, -0.2) is 8.42 Å². The summed E-state index contributed by atoms with van der Waals surface area (Å²) < 4.78 is 27.2. The fourth-order valence-corrected chi connectivity index (χ4v) is 4.46. The average Bonchev–Trinajstić information content (AvgIpc) is 2.66. The Bertz CT molecular complexity index is 745. The predicted molar refractivity (Wildman–Crippen MR) is 99.0 cm³/mol. The first-order valence-corrected chi connectivity index (χ1v) is 10.1. The maximum absolute atomic E-state index is 12.9. The van der Waals surface area contributed by atoms with Gasteiger partial charge in [-0.15, -0.1) is 0 Å². The molecule has 144 valence electrons. The number of amides is 2. The average molecular weight is 382 g/mol. The summed E-state index contributed by atoms with van der Waals surface area (Å²) in [5.41, 5.74) is 5.51. The van der Waals surface area contributed by atoms with Crippen LogP contribution in [0.5, 0.6) is 0 Å². The number of nitrogens with two attached hydrogens (primary N) is 1. The van der Waals surface area contributed by atoms with E-state index in [0.29, 0.717) is 5.69 Å². The molecule has 9 heteroatoms. The molecule has 0 spiro atoms. The molecule has 4 N–H and O–H groups in total. The van der Waals surface area contributed by atoms with Gasteiger partial charge in [0.25, 0.3) is 0 Å². The fraction of sp³-hybridized carbons (Fsp3) is 0.529. The minimum Gasteiger partial charge on any atom is -0.346 e. The van der Waals surface area contributed by atoms with Crippen LogP contribution in [0.2, 0.25) is 0 Å². The van der Waals surface area contributed by atoms with Gasteiger partial charge in [0.1, 0.15) is 0 Å². The number of sulfonamides is 1. The Balaban J connectivity index is 2.07. The molecular weight excluding hydrogens is 356 g/mol. The van der Waals surface area contributed by atoms with E-state index in [1.54, 1.807) is 19.2 Å². The van der Waals surface area contributed by atoms with Crippen LogP contribution < -0.4 is 16.4 Å². The molecule has 0 bridgehead atoms. The second kappa shape index (κ2) is 9.11. The third-order valence-corrected chi connectivity index (χ3v) is 6.42. The predicted octanol–water partition coefficient (Wildman–Crippen LogP) is 0.653. The molecule has 8 nitrogen and oxygen atoms in total. The molecule has 1 fully saturated rings. The minimum absolute atomic E-state index is 0.0125. The summed E-state index contributed by atoms with van der Waals surface area (Å²) >= 11 is 0. The van der Waals surface area contributed by atoms with Crippen LogP contribution in [0.15, 0.2) is 29.2 Å². The minimum atomic E-state index is -3.63. The number of benzene rings is 1. The Morgan fingerprint density at radius 3 is 2.54 bits per heavy atom. The quantitative estimate of drug-likeness (QED) is 0.639. The molecule has 0 aliphatic heterocycles. The highest BCUT2D eigenvalue weighted by Crippen LogP contribution is 2.27. The molecule has 0 radical (unpaired) electrons. The van der Waals surface area contributed by atoms with Gasteiger partial charge in [-0.1, -0.05) is 25.3 Å². The van der Waals surface area contributed by atoms with E-state index >= 15 is 0 Å². The lowest BCUT2D eigenvalue weighted by atomic mass is 9.96. The topological polar surface area (TPSA) is 122 Å². The number of carbonyl (C=O) groups excluding carboxylic acids is 2. The SMILES string of the molecule is CN(C1CCCCC1)S(=O)(=O)c1cccc(NC(=O)CNC(=O)CN)c1. The molecule has 0 heterocycles. The van der Waals surface area contributed by atoms with Crippen molar-refractivity contribution >= 4 is 27.5 Å². The molecule has 1 aromatic carbocycles. The van der Waals surface area contributed by atoms with E-state index < -0.39 is 21.8 Å². The molecule has 0 atom stereocenters. The molecule has 0 aromatic heterocycles. The fourth-order valence-electron chi connectivity index (χ4n) is 3.00. The van der Waals surface area contributed by atoms with Crippen molar-refractivity contribution in [3.63, 3.8) is 0 Å². The van der Waals surface area contributed by atoms with Crippen LogP contribution in [0.4, 0.5) is 5.69 Å². The highest BCUT2D eigenvalue weighted by molar-refractivity contribution is 7.89. The Morgan fingerprint density at radius 2 is 1.88 bits per heavy atom. The molecule has 0 saturated heterocycles. The molecular formula is C17H26N4O4S. The van der Waals surface area contributed by atoms with Crippen molar-refractivity contribution in [1.82, 2.24) is 9.62 Å². The van der Waals surface area contributed by atoms with Crippen LogP contribution in [-0.2, 0) is 19.6 Å². The Kier molecular flexibility index (Phi) is 7.13. The van der Waals surface area contributed by atoms with Gasteiger partial charge < -0.3 is 16.4 Å². The lowest BCUT2D eigenvalue weighted by Gasteiger charge is -2.30. The van der Waals surface area contributed by atoms with Gasteiger partial charge in [0.2, 0.25) is 21.8 Å². The van der Waals surface area contributed by atoms with E-state index in [1.807, 2.05) is 0 Å². The van der Waals surface area contributed by atoms with Crippen LogP contribution in [0.1, 0.15) is 32.1 Å². The molecule has 1 saturated carbocycles. The maximum atomic E-state index is 12.9. The monoisotopic (exact) mass is 382 g/mol. The van der Waals surface area contributed by atoms with Crippen LogP contribution >= 0.6 is 0 Å². The number of carbonyl (C=O) groups is 2. The lowest BCUT2D eigenvalue weighted by molar-refractivity contribution is -0.123. The van der Waals surface area contributed by atoms with E-state index in [4.69, 9.17) is 5.73 Å². The summed E-state index contributed by atoms with van der Waals surface area (Å²) in [5.74, 6) is -0.896. The summed E-state index contributed by atoms with van der Waals surface area (Å²) in [7, 11) is -2.02. The molecule has 1 aliphatic rings. The van der Waals surface area contributed by atoms with Crippen molar-refractivity contribution in [2.45, 2.75) is 43.0 Å². The zero-order valence-corrected chi connectivity index (χ0v) is 15.7. The number of nitrogens with zero attached hydrogens (tertiary/aromatic N) is 1. The first-order valence-electron chi connectivity index (χ1n) is 8.69. The van der Waals surface area contributed by atoms with Crippen LogP contribution in [-0.4, -0.2) is 50.7 Å². The number of hydrogen-bond acceptors (Lipinski definition) is 5. The van der Waals surface area contributed by atoms with Crippen LogP contribution in [0, 0.1) is 0 Å². The molecule has 0 unspecified atom stereocenters. The van der Waals surface area contributed by atoms with Crippen molar-refractivity contribution in [1.29, 1.82) is 0 Å². The Morgan fingerprint density at radius 1 is 1.19 bits per heavy atom. The number of nitrogens with one attached hydrogen (secondary N) is 2. The Hall–Kier alpha value is -1.97. The van der Waals surface area contributed by atoms with Crippen LogP contribution in [0.3, 0.4) is 0 Å². The van der Waals surface area contributed by atoms with E-state index in [-0.39, 0.29) is 24.0 Å². The first kappa shape index (κ1) is 20.3. The molecule has 1 aromatic rings. The van der Waals surface area contributed by atoms with Crippen molar-refractivity contribution < 1.29 is 18.0 Å². The highest BCUT2D eigenvalue weighted by atomic mass is 32.2. The van der Waals surface area contributed by atoms with E-state index in [1.165, 1.54) is 16.4 Å². The largest absolute Gasteiger partial charge is 0.346 e. The van der Waals surface area contributed by atoms with Crippen molar-refractivity contribution in [2.24, 2.45) is 5.73 Å². The van der Waals surface area contributed by atoms with E-state index in [9.17, 15) is 18.0 Å². The molecule has 26 heavy (non-hydrogen) atoms.